The molecule has 0 saturated carbocycles. The molecule has 2 aromatic rings. The second-order valence-electron chi connectivity index (χ2n) is 4.40. The zero-order valence-electron chi connectivity index (χ0n) is 11.0. The van der Waals surface area contributed by atoms with Gasteiger partial charge >= 0.3 is 5.97 Å². The number of rotatable bonds is 4. The minimum atomic E-state index is -1.16. The lowest BCUT2D eigenvalue weighted by Gasteiger charge is -2.09. The largest absolute Gasteiger partial charge is 0.478 e. The van der Waals surface area contributed by atoms with Crippen molar-refractivity contribution in [1.82, 2.24) is 0 Å². The number of nitro groups is 1. The molecule has 0 radical (unpaired) electrons. The molecule has 0 unspecified atom stereocenters. The van der Waals surface area contributed by atoms with Crippen molar-refractivity contribution in [2.45, 2.75) is 6.92 Å². The van der Waals surface area contributed by atoms with Crippen molar-refractivity contribution in [3.05, 3.63) is 62.7 Å². The van der Waals surface area contributed by atoms with Gasteiger partial charge in [0.25, 0.3) is 5.69 Å². The van der Waals surface area contributed by atoms with E-state index in [1.165, 1.54) is 18.2 Å². The van der Waals surface area contributed by atoms with Crippen LogP contribution in [0.25, 0.3) is 0 Å². The lowest BCUT2D eigenvalue weighted by Crippen LogP contribution is -2.01. The Morgan fingerprint density at radius 1 is 1.29 bits per heavy atom. The van der Waals surface area contributed by atoms with Crippen molar-refractivity contribution in [3.8, 4) is 0 Å². The van der Waals surface area contributed by atoms with Gasteiger partial charge in [-0.1, -0.05) is 17.7 Å². The number of aromatic carboxylic acids is 1. The van der Waals surface area contributed by atoms with Crippen LogP contribution in [-0.4, -0.2) is 16.0 Å². The molecule has 21 heavy (non-hydrogen) atoms. The second kappa shape index (κ2) is 5.80. The summed E-state index contributed by atoms with van der Waals surface area (Å²) in [5.74, 6) is -1.16. The fourth-order valence-corrected chi connectivity index (χ4v) is 2.03. The Morgan fingerprint density at radius 3 is 2.62 bits per heavy atom. The second-order valence-corrected chi connectivity index (χ2v) is 4.81. The van der Waals surface area contributed by atoms with Gasteiger partial charge in [0.05, 0.1) is 15.5 Å². The minimum absolute atomic E-state index is 0.0722. The minimum Gasteiger partial charge on any atom is -0.478 e. The smallest absolute Gasteiger partial charge is 0.337 e. The molecule has 2 rings (SSSR count). The Bertz CT molecular complexity index is 731. The van der Waals surface area contributed by atoms with Crippen LogP contribution >= 0.6 is 11.6 Å². The number of nitrogens with one attached hydrogen (secondary N) is 1. The van der Waals surface area contributed by atoms with Gasteiger partial charge in [0.2, 0.25) is 0 Å². The van der Waals surface area contributed by atoms with Gasteiger partial charge in [-0.2, -0.15) is 0 Å². The number of halogens is 1. The molecule has 0 aromatic heterocycles. The van der Waals surface area contributed by atoms with Crippen molar-refractivity contribution in [3.63, 3.8) is 0 Å². The normalized spacial score (nSPS) is 10.2. The van der Waals surface area contributed by atoms with E-state index in [1.54, 1.807) is 25.1 Å². The number of hydrogen-bond donors (Lipinski definition) is 2. The van der Waals surface area contributed by atoms with Crippen molar-refractivity contribution in [2.24, 2.45) is 0 Å². The number of anilines is 2. The molecule has 0 heterocycles. The van der Waals surface area contributed by atoms with Crippen LogP contribution in [0.2, 0.25) is 5.02 Å². The number of carbonyl (C=O) groups is 1. The third-order valence-electron chi connectivity index (χ3n) is 2.82. The molecule has 108 valence electrons. The summed E-state index contributed by atoms with van der Waals surface area (Å²) in [6.07, 6.45) is 0. The summed E-state index contributed by atoms with van der Waals surface area (Å²) in [5.41, 5.74) is 1.38. The van der Waals surface area contributed by atoms with Crippen molar-refractivity contribution < 1.29 is 14.8 Å². The molecular formula is C14H11ClN2O4. The summed E-state index contributed by atoms with van der Waals surface area (Å²) in [4.78, 5) is 21.5. The van der Waals surface area contributed by atoms with Gasteiger partial charge in [-0.3, -0.25) is 10.1 Å². The summed E-state index contributed by atoms with van der Waals surface area (Å²) in [6, 6.07) is 8.96. The Balaban J connectivity index is 2.43. The highest BCUT2D eigenvalue weighted by Gasteiger charge is 2.15. The maximum absolute atomic E-state index is 11.0. The Labute approximate surface area is 125 Å². The number of carboxylic acid groups (broad SMARTS) is 1. The average Bonchev–Trinajstić information content (AvgIpc) is 2.40. The molecule has 7 heteroatoms. The molecule has 0 saturated heterocycles. The van der Waals surface area contributed by atoms with Gasteiger partial charge in [0, 0.05) is 11.8 Å². The van der Waals surface area contributed by atoms with Gasteiger partial charge in [-0.05, 0) is 36.8 Å². The van der Waals surface area contributed by atoms with Crippen LogP contribution in [0, 0.1) is 17.0 Å². The quantitative estimate of drug-likeness (QED) is 0.658. The molecule has 0 bridgehead atoms. The molecular weight excluding hydrogens is 296 g/mol. The molecule has 0 aliphatic carbocycles. The van der Waals surface area contributed by atoms with Crippen LogP contribution < -0.4 is 5.32 Å². The zero-order valence-corrected chi connectivity index (χ0v) is 11.7. The molecule has 0 amide bonds. The lowest BCUT2D eigenvalue weighted by molar-refractivity contribution is -0.383. The highest BCUT2D eigenvalue weighted by atomic mass is 35.5. The fraction of sp³-hybridized carbons (Fsp3) is 0.0714. The molecule has 0 aliphatic heterocycles. The van der Waals surface area contributed by atoms with Crippen molar-refractivity contribution >= 4 is 34.6 Å². The van der Waals surface area contributed by atoms with Crippen LogP contribution in [0.1, 0.15) is 15.9 Å². The first kappa shape index (κ1) is 14.8. The molecule has 2 N–H and O–H groups in total. The standard InChI is InChI=1S/C14H11ClN2O4/c1-8-2-5-13(17(20)21)12(6-8)16-9-3-4-11(15)10(7-9)14(18)19/h2-7,16H,1H3,(H,18,19). The van der Waals surface area contributed by atoms with Crippen LogP contribution in [0.4, 0.5) is 17.1 Å². The molecule has 0 aliphatic rings. The first-order chi connectivity index (χ1) is 9.88. The SMILES string of the molecule is Cc1ccc([N+](=O)[O-])c(Nc2ccc(Cl)c(C(=O)O)c2)c1. The van der Waals surface area contributed by atoms with Gasteiger partial charge in [0.1, 0.15) is 5.69 Å². The first-order valence-corrected chi connectivity index (χ1v) is 6.31. The third-order valence-corrected chi connectivity index (χ3v) is 3.15. The van der Waals surface area contributed by atoms with Crippen molar-refractivity contribution in [2.75, 3.05) is 5.32 Å². The molecule has 0 spiro atoms. The number of nitrogens with zero attached hydrogens (tertiary/aromatic N) is 1. The summed E-state index contributed by atoms with van der Waals surface area (Å²) in [7, 11) is 0. The van der Waals surface area contributed by atoms with Crippen LogP contribution in [0.3, 0.4) is 0 Å². The average molecular weight is 307 g/mol. The van der Waals surface area contributed by atoms with E-state index in [2.05, 4.69) is 5.32 Å². The predicted octanol–water partition coefficient (Wildman–Crippen LogP) is 4.00. The molecule has 0 fully saturated rings. The Morgan fingerprint density at radius 2 is 2.00 bits per heavy atom. The van der Waals surface area contributed by atoms with E-state index >= 15 is 0 Å². The van der Waals surface area contributed by atoms with Crippen LogP contribution in [0.15, 0.2) is 36.4 Å². The zero-order chi connectivity index (χ0) is 15.6. The molecule has 0 atom stereocenters. The number of hydrogen-bond acceptors (Lipinski definition) is 4. The number of carboxylic acids is 1. The van der Waals surface area contributed by atoms with Gasteiger partial charge in [-0.25, -0.2) is 4.79 Å². The van der Waals surface area contributed by atoms with E-state index in [0.29, 0.717) is 11.4 Å². The van der Waals surface area contributed by atoms with Gasteiger partial charge in [-0.15, -0.1) is 0 Å². The summed E-state index contributed by atoms with van der Waals surface area (Å²) in [6.45, 7) is 1.81. The van der Waals surface area contributed by atoms with E-state index in [1.807, 2.05) is 0 Å². The van der Waals surface area contributed by atoms with E-state index in [-0.39, 0.29) is 16.3 Å². The molecule has 6 nitrogen and oxygen atoms in total. The van der Waals surface area contributed by atoms with E-state index in [4.69, 9.17) is 16.7 Å². The Kier molecular flexibility index (Phi) is 4.09. The number of aryl methyl sites for hydroxylation is 1. The maximum Gasteiger partial charge on any atom is 0.337 e. The highest BCUT2D eigenvalue weighted by molar-refractivity contribution is 6.33. The van der Waals surface area contributed by atoms with E-state index < -0.39 is 10.9 Å². The van der Waals surface area contributed by atoms with E-state index in [0.717, 1.165) is 5.56 Å². The monoisotopic (exact) mass is 306 g/mol. The number of nitro benzene ring substituents is 1. The summed E-state index contributed by atoms with van der Waals surface area (Å²) >= 11 is 5.78. The fourth-order valence-electron chi connectivity index (χ4n) is 1.83. The topological polar surface area (TPSA) is 92.5 Å². The first-order valence-electron chi connectivity index (χ1n) is 5.93. The van der Waals surface area contributed by atoms with E-state index in [9.17, 15) is 14.9 Å². The van der Waals surface area contributed by atoms with Crippen LogP contribution in [0.5, 0.6) is 0 Å². The molecule has 2 aromatic carbocycles. The summed E-state index contributed by atoms with van der Waals surface area (Å²) < 4.78 is 0. The predicted molar refractivity (Wildman–Crippen MR) is 79.5 cm³/mol. The van der Waals surface area contributed by atoms with Crippen molar-refractivity contribution in [1.29, 1.82) is 0 Å². The Hall–Kier alpha value is -2.60. The van der Waals surface area contributed by atoms with Crippen LogP contribution in [-0.2, 0) is 0 Å². The summed E-state index contributed by atoms with van der Waals surface area (Å²) in [5, 5.41) is 23.0. The maximum atomic E-state index is 11.0. The third kappa shape index (κ3) is 3.29. The van der Waals surface area contributed by atoms with Gasteiger partial charge < -0.3 is 10.4 Å². The lowest BCUT2D eigenvalue weighted by atomic mass is 10.1. The van der Waals surface area contributed by atoms with Gasteiger partial charge in [0.15, 0.2) is 0 Å². The number of benzene rings is 2. The highest BCUT2D eigenvalue weighted by Crippen LogP contribution is 2.30.